The van der Waals surface area contributed by atoms with Crippen LogP contribution in [0.2, 0.25) is 0 Å². The third-order valence-corrected chi connectivity index (χ3v) is 13.1. The molecular weight excluding hydrogens is 1100 g/mol. The number of aromatic nitrogens is 2. The van der Waals surface area contributed by atoms with Crippen LogP contribution in [-0.4, -0.2) is 217 Å². The molecular formula is C58H64N6O20. The van der Waals surface area contributed by atoms with E-state index >= 15 is 0 Å². The molecule has 7 rings (SSSR count). The number of aliphatic hydroxyl groups is 8. The van der Waals surface area contributed by atoms with E-state index in [4.69, 9.17) is 34.6 Å². The Labute approximate surface area is 480 Å². The zero-order chi connectivity index (χ0) is 60.6. The van der Waals surface area contributed by atoms with Crippen LogP contribution in [0.1, 0.15) is 50.6 Å². The highest BCUT2D eigenvalue weighted by Crippen LogP contribution is 2.27. The Kier molecular flexibility index (Phi) is 22.6. The van der Waals surface area contributed by atoms with Gasteiger partial charge >= 0.3 is 23.9 Å². The van der Waals surface area contributed by atoms with Gasteiger partial charge in [0.1, 0.15) is 60.3 Å². The number of benzene rings is 3. The summed E-state index contributed by atoms with van der Waals surface area (Å²) in [6, 6.07) is 26.3. The first-order valence-corrected chi connectivity index (χ1v) is 26.2. The number of carboxylic acids is 4. The van der Waals surface area contributed by atoms with Gasteiger partial charge in [0.2, 0.25) is 12.6 Å². The SMILES string of the molecule is Nc1ccc(CCN(Cc2cc(C#Cc3ccc(O[C@@H]4OC(CO)[C@H](O)[C@H](O)C4O)cc3)cc(CN(CC(=O)O)CC(=O)O)n2)Cc2cc(C#Cc3ccc(O[C@H]4OC(CO)[C@@H](O)[C@@H](O)C4O)cc3)cc(CN(CC(=O)O)CC(=O)O)n2)cc1. The summed E-state index contributed by atoms with van der Waals surface area (Å²) < 4.78 is 22.3. The summed E-state index contributed by atoms with van der Waals surface area (Å²) in [5.74, 6) is 7.62. The summed E-state index contributed by atoms with van der Waals surface area (Å²) in [5, 5.41) is 120. The minimum absolute atomic E-state index is 0.0912. The number of carbonyl (C=O) groups is 4. The second kappa shape index (κ2) is 29.9. The number of carboxylic acid groups (broad SMARTS) is 4. The number of aliphatic carboxylic acids is 4. The molecule has 2 aliphatic heterocycles. The Morgan fingerprint density at radius 3 is 1.13 bits per heavy atom. The monoisotopic (exact) mass is 1160 g/mol. The Bertz CT molecular complexity index is 2960. The number of hydrogen-bond acceptors (Lipinski definition) is 22. The molecule has 5 aromatic rings. The number of rotatable bonds is 25. The maximum Gasteiger partial charge on any atom is 0.317 e. The van der Waals surface area contributed by atoms with Gasteiger partial charge in [-0.25, -0.2) is 0 Å². The predicted octanol–water partition coefficient (Wildman–Crippen LogP) is -1.60. The minimum Gasteiger partial charge on any atom is -0.480 e. The van der Waals surface area contributed by atoms with Gasteiger partial charge in [0.25, 0.3) is 0 Å². The molecule has 26 nitrogen and oxygen atoms in total. The summed E-state index contributed by atoms with van der Waals surface area (Å²) in [4.78, 5) is 61.6. The maximum atomic E-state index is 11.9. The molecule has 0 aliphatic carbocycles. The van der Waals surface area contributed by atoms with Crippen LogP contribution in [0.25, 0.3) is 0 Å². The lowest BCUT2D eigenvalue weighted by molar-refractivity contribution is -0.277. The summed E-state index contributed by atoms with van der Waals surface area (Å²) in [6.45, 7) is -3.67. The number of pyridine rings is 2. The van der Waals surface area contributed by atoms with E-state index in [1.807, 2.05) is 17.0 Å². The lowest BCUT2D eigenvalue weighted by Crippen LogP contribution is -2.60. The van der Waals surface area contributed by atoms with Crippen LogP contribution in [0.5, 0.6) is 11.5 Å². The molecule has 2 aromatic heterocycles. The lowest BCUT2D eigenvalue weighted by atomic mass is 9.99. The zero-order valence-corrected chi connectivity index (χ0v) is 44.9. The number of nitrogens with two attached hydrogens (primary N) is 1. The van der Waals surface area contributed by atoms with E-state index in [0.717, 1.165) is 5.56 Å². The molecule has 0 spiro atoms. The third kappa shape index (κ3) is 18.7. The zero-order valence-electron chi connectivity index (χ0n) is 44.9. The summed E-state index contributed by atoms with van der Waals surface area (Å²) in [7, 11) is 0. The molecule has 10 atom stereocenters. The van der Waals surface area contributed by atoms with E-state index in [-0.39, 0.29) is 49.1 Å². The number of aliphatic hydroxyl groups excluding tert-OH is 8. The number of anilines is 1. The Morgan fingerprint density at radius 2 is 0.798 bits per heavy atom. The topological polar surface area (TPSA) is 409 Å². The molecule has 4 heterocycles. The van der Waals surface area contributed by atoms with E-state index in [2.05, 4.69) is 23.7 Å². The van der Waals surface area contributed by atoms with E-state index < -0.39 is 125 Å². The van der Waals surface area contributed by atoms with E-state index in [9.17, 15) is 80.5 Å². The van der Waals surface area contributed by atoms with Crippen molar-refractivity contribution in [1.29, 1.82) is 0 Å². The number of nitrogens with zero attached hydrogens (tertiary/aromatic N) is 5. The van der Waals surface area contributed by atoms with Crippen molar-refractivity contribution < 1.29 is 99.4 Å². The van der Waals surface area contributed by atoms with Crippen LogP contribution in [0.15, 0.2) is 97.1 Å². The van der Waals surface area contributed by atoms with Gasteiger partial charge in [-0.3, -0.25) is 43.8 Å². The van der Waals surface area contributed by atoms with Gasteiger partial charge in [0, 0.05) is 60.7 Å². The van der Waals surface area contributed by atoms with Crippen molar-refractivity contribution in [2.45, 2.75) is 94.0 Å². The van der Waals surface area contributed by atoms with Crippen LogP contribution in [0.3, 0.4) is 0 Å². The molecule has 0 radical (unpaired) electrons. The molecule has 0 amide bonds. The molecule has 26 heteroatoms. The predicted molar refractivity (Wildman–Crippen MR) is 292 cm³/mol. The second-order valence-corrected chi connectivity index (χ2v) is 19.9. The number of nitrogen functional groups attached to an aromatic ring is 1. The number of ether oxygens (including phenoxy) is 4. The highest BCUT2D eigenvalue weighted by atomic mass is 16.7. The van der Waals surface area contributed by atoms with E-state index in [1.54, 1.807) is 60.7 Å². The van der Waals surface area contributed by atoms with Crippen molar-refractivity contribution in [1.82, 2.24) is 24.7 Å². The summed E-state index contributed by atoms with van der Waals surface area (Å²) in [5.41, 5.74) is 10.6. The lowest BCUT2D eigenvalue weighted by Gasteiger charge is -2.39. The first-order chi connectivity index (χ1) is 40.1. The van der Waals surface area contributed by atoms with E-state index in [1.165, 1.54) is 34.1 Å². The van der Waals surface area contributed by atoms with Crippen molar-refractivity contribution >= 4 is 29.6 Å². The maximum absolute atomic E-state index is 11.9. The highest BCUT2D eigenvalue weighted by molar-refractivity contribution is 5.73. The molecule has 0 bridgehead atoms. The quantitative estimate of drug-likeness (QED) is 0.0231. The second-order valence-electron chi connectivity index (χ2n) is 19.9. The first-order valence-electron chi connectivity index (χ1n) is 26.2. The fraction of sp³-hybridized carbons (Fsp3) is 0.379. The van der Waals surface area contributed by atoms with Crippen LogP contribution < -0.4 is 15.2 Å². The standard InChI is InChI=1S/C58H64N6O20/c59-38-11-5-35(6-12-38)17-18-62(23-39-19-36(21-41(60-39)25-63(27-47(67)68)28-48(69)70)3-1-33-7-13-43(14-8-33)81-57-55(79)53(77)51(75)45(31-65)83-57)24-40-20-37(22-42(61-40)26-64(29-49(71)72)30-50(73)74)4-2-34-9-15-44(16-10-34)82-58-56(80)54(78)52(76)46(32-66)84-58/h5-16,19-22,45-46,51-58,65-66,75-80H,17-18,23-32,59H2,(H,67,68)(H,69,70)(H,71,72)(H,73,74)/t45?,46?,51-,52+,53-,54+,55?,56?,57+,58-. The van der Waals surface area contributed by atoms with Crippen LogP contribution in [-0.2, 0) is 61.3 Å². The fourth-order valence-electron chi connectivity index (χ4n) is 9.09. The van der Waals surface area contributed by atoms with Crippen LogP contribution >= 0.6 is 0 Å². The van der Waals surface area contributed by atoms with Gasteiger partial charge in [0.05, 0.1) is 62.2 Å². The minimum atomic E-state index is -1.65. The average Bonchev–Trinajstić information content (AvgIpc) is 3.32. The van der Waals surface area contributed by atoms with Crippen molar-refractivity contribution in [3.8, 4) is 35.2 Å². The molecule has 2 saturated heterocycles. The van der Waals surface area contributed by atoms with Gasteiger partial charge in [-0.1, -0.05) is 35.8 Å². The van der Waals surface area contributed by atoms with Crippen LogP contribution in [0.4, 0.5) is 5.69 Å². The normalized spacial score (nSPS) is 22.1. The molecule has 3 aromatic carbocycles. The van der Waals surface area contributed by atoms with E-state index in [0.29, 0.717) is 52.3 Å². The first kappa shape index (κ1) is 63.4. The molecule has 4 unspecified atom stereocenters. The van der Waals surface area contributed by atoms with Crippen molar-refractivity contribution in [3.05, 3.63) is 148 Å². The van der Waals surface area contributed by atoms with Crippen LogP contribution in [0, 0.1) is 23.7 Å². The Hall–Kier alpha value is -8.16. The van der Waals surface area contributed by atoms with Gasteiger partial charge in [-0.2, -0.15) is 0 Å². The van der Waals surface area contributed by atoms with Gasteiger partial charge < -0.3 is 86.0 Å². The summed E-state index contributed by atoms with van der Waals surface area (Å²) in [6.07, 6.45) is -14.5. The molecule has 446 valence electrons. The molecule has 2 fully saturated rings. The Balaban J connectivity index is 1.21. The Morgan fingerprint density at radius 1 is 0.464 bits per heavy atom. The smallest absolute Gasteiger partial charge is 0.317 e. The van der Waals surface area contributed by atoms with Crippen molar-refractivity contribution in [2.24, 2.45) is 0 Å². The molecule has 2 aliphatic rings. The van der Waals surface area contributed by atoms with Gasteiger partial charge in [-0.05, 0) is 96.9 Å². The summed E-state index contributed by atoms with van der Waals surface area (Å²) >= 11 is 0. The average molecular weight is 1170 g/mol. The van der Waals surface area contributed by atoms with Crippen molar-refractivity contribution in [2.75, 3.05) is 51.7 Å². The largest absolute Gasteiger partial charge is 0.480 e. The van der Waals surface area contributed by atoms with Gasteiger partial charge in [0.15, 0.2) is 0 Å². The van der Waals surface area contributed by atoms with Gasteiger partial charge in [-0.15, -0.1) is 0 Å². The molecule has 14 N–H and O–H groups in total. The highest BCUT2D eigenvalue weighted by Gasteiger charge is 2.46. The molecule has 0 saturated carbocycles. The fourth-order valence-corrected chi connectivity index (χ4v) is 9.09. The molecule has 84 heavy (non-hydrogen) atoms. The third-order valence-electron chi connectivity index (χ3n) is 13.1. The number of hydrogen-bond donors (Lipinski definition) is 13. The van der Waals surface area contributed by atoms with Crippen molar-refractivity contribution in [3.63, 3.8) is 0 Å².